The first kappa shape index (κ1) is 30.8. The molecule has 1 fully saturated rings. The quantitative estimate of drug-likeness (QED) is 0.0804. The molecule has 0 aromatic heterocycles. The lowest BCUT2D eigenvalue weighted by molar-refractivity contribution is -0.277. The smallest absolute Gasteiger partial charge is 0.320 e. The molecule has 2 aromatic carbocycles. The van der Waals surface area contributed by atoms with Crippen LogP contribution in [0.15, 0.2) is 42.5 Å². The van der Waals surface area contributed by atoms with Crippen molar-refractivity contribution in [3.8, 4) is 23.0 Å². The van der Waals surface area contributed by atoms with Crippen molar-refractivity contribution in [3.63, 3.8) is 0 Å². The molecule has 1 saturated heterocycles. The fourth-order valence-corrected chi connectivity index (χ4v) is 3.95. The summed E-state index contributed by atoms with van der Waals surface area (Å²) < 4.78 is 15.8. The summed E-state index contributed by atoms with van der Waals surface area (Å²) in [6.07, 6.45) is -5.36. The van der Waals surface area contributed by atoms with Gasteiger partial charge in [0, 0.05) is 0 Å². The molecule has 0 spiro atoms. The summed E-state index contributed by atoms with van der Waals surface area (Å²) in [4.78, 5) is 25.5. The number of carbonyl (C=O) groups is 2. The minimum absolute atomic E-state index is 0.186. The summed E-state index contributed by atoms with van der Waals surface area (Å²) in [5.41, 5.74) is -1.18. The third-order valence-corrected chi connectivity index (χ3v) is 6.16. The first-order valence-corrected chi connectivity index (χ1v) is 12.1. The highest BCUT2D eigenvalue weighted by atomic mass is 16.7. The predicted octanol–water partition coefficient (Wildman–Crippen LogP) is -0.305. The van der Waals surface area contributed by atoms with E-state index in [9.17, 15) is 50.4 Å². The van der Waals surface area contributed by atoms with E-state index in [0.717, 1.165) is 6.08 Å². The zero-order chi connectivity index (χ0) is 29.8. The van der Waals surface area contributed by atoms with Crippen LogP contribution in [0.4, 0.5) is 0 Å². The maximum atomic E-state index is 12.8. The molecule has 13 heteroatoms. The van der Waals surface area contributed by atoms with Crippen LogP contribution in [-0.2, 0) is 25.7 Å². The molecule has 6 atom stereocenters. The number of carbonyl (C=O) groups excluding carboxylic acids is 2. The van der Waals surface area contributed by atoms with E-state index >= 15 is 0 Å². The Kier molecular flexibility index (Phi) is 9.73. The standard InChI is InChI=1S/C27H32O13/c1-27(2,37)21(16(30)7-4-13-3-6-15(29)17(31)9-13)25(36)38-12-14-5-8-19(18(32)10-14)39-26-24(35)23(34)22(33)20(11-28)40-26/h3-10,20-24,26,28-29,31-35,37H,11-12H2,1-2H3/b7-4+/t20-,21?,22-,23+,24-,26-/m1/s1. The zero-order valence-corrected chi connectivity index (χ0v) is 21.6. The Labute approximate surface area is 228 Å². The van der Waals surface area contributed by atoms with Gasteiger partial charge in [-0.1, -0.05) is 18.2 Å². The molecule has 0 radical (unpaired) electrons. The van der Waals surface area contributed by atoms with Crippen LogP contribution in [0, 0.1) is 5.92 Å². The van der Waals surface area contributed by atoms with E-state index < -0.39 is 78.7 Å². The summed E-state index contributed by atoms with van der Waals surface area (Å²) in [6, 6.07) is 7.67. The Bertz CT molecular complexity index is 1230. The lowest BCUT2D eigenvalue weighted by atomic mass is 9.87. The second-order valence-electron chi connectivity index (χ2n) is 9.80. The van der Waals surface area contributed by atoms with Gasteiger partial charge in [-0.15, -0.1) is 0 Å². The minimum atomic E-state index is -1.80. The number of ketones is 1. The summed E-state index contributed by atoms with van der Waals surface area (Å²) >= 11 is 0. The van der Waals surface area contributed by atoms with Gasteiger partial charge in [-0.05, 0) is 55.3 Å². The molecule has 40 heavy (non-hydrogen) atoms. The van der Waals surface area contributed by atoms with Crippen LogP contribution in [0.25, 0.3) is 6.08 Å². The molecule has 1 aliphatic rings. The van der Waals surface area contributed by atoms with Crippen molar-refractivity contribution in [2.75, 3.05) is 6.61 Å². The minimum Gasteiger partial charge on any atom is -0.504 e. The van der Waals surface area contributed by atoms with Crippen molar-refractivity contribution in [2.45, 2.75) is 56.8 Å². The third-order valence-electron chi connectivity index (χ3n) is 6.16. The van der Waals surface area contributed by atoms with Crippen molar-refractivity contribution >= 4 is 17.8 Å². The number of ether oxygens (including phenoxy) is 3. The van der Waals surface area contributed by atoms with E-state index in [1.54, 1.807) is 0 Å². The van der Waals surface area contributed by atoms with Gasteiger partial charge in [-0.2, -0.15) is 0 Å². The number of phenolic OH excluding ortho intramolecular Hbond substituents is 3. The van der Waals surface area contributed by atoms with Gasteiger partial charge in [0.25, 0.3) is 0 Å². The third kappa shape index (κ3) is 7.27. The van der Waals surface area contributed by atoms with Crippen LogP contribution in [0.1, 0.15) is 25.0 Å². The van der Waals surface area contributed by atoms with E-state index in [2.05, 4.69) is 0 Å². The van der Waals surface area contributed by atoms with Crippen LogP contribution in [-0.4, -0.2) is 95.5 Å². The number of esters is 1. The maximum Gasteiger partial charge on any atom is 0.320 e. The Morgan fingerprint density at radius 3 is 2.27 bits per heavy atom. The molecule has 3 rings (SSSR count). The van der Waals surface area contributed by atoms with Gasteiger partial charge >= 0.3 is 5.97 Å². The van der Waals surface area contributed by atoms with E-state index in [0.29, 0.717) is 5.56 Å². The monoisotopic (exact) mass is 564 g/mol. The largest absolute Gasteiger partial charge is 0.504 e. The van der Waals surface area contributed by atoms with Crippen LogP contribution in [0.5, 0.6) is 23.0 Å². The summed E-state index contributed by atoms with van der Waals surface area (Å²) in [6.45, 7) is 1.45. The molecule has 13 nitrogen and oxygen atoms in total. The normalized spacial score (nSPS) is 24.0. The van der Waals surface area contributed by atoms with Crippen LogP contribution < -0.4 is 4.74 Å². The molecule has 1 heterocycles. The number of hydrogen-bond donors (Lipinski definition) is 8. The Morgan fingerprint density at radius 2 is 1.68 bits per heavy atom. The number of aliphatic hydroxyl groups is 5. The molecular formula is C27H32O13. The first-order valence-electron chi connectivity index (χ1n) is 12.1. The summed E-state index contributed by atoms with van der Waals surface area (Å²) in [5, 5.41) is 78.9. The van der Waals surface area contributed by atoms with Crippen LogP contribution >= 0.6 is 0 Å². The van der Waals surface area contributed by atoms with Gasteiger partial charge in [-0.25, -0.2) is 0 Å². The molecule has 1 aliphatic heterocycles. The highest BCUT2D eigenvalue weighted by Crippen LogP contribution is 2.32. The molecule has 2 aromatic rings. The molecule has 218 valence electrons. The first-order chi connectivity index (χ1) is 18.7. The number of aromatic hydroxyl groups is 3. The summed E-state index contributed by atoms with van der Waals surface area (Å²) in [5.74, 6) is -4.83. The van der Waals surface area contributed by atoms with E-state index in [1.807, 2.05) is 0 Å². The topological polar surface area (TPSA) is 224 Å². The van der Waals surface area contributed by atoms with Crippen LogP contribution in [0.3, 0.4) is 0 Å². The average Bonchev–Trinajstić information content (AvgIpc) is 2.89. The number of rotatable bonds is 10. The lowest BCUT2D eigenvalue weighted by Gasteiger charge is -2.39. The fraction of sp³-hybridized carbons (Fsp3) is 0.407. The van der Waals surface area contributed by atoms with E-state index in [1.165, 1.54) is 56.3 Å². The van der Waals surface area contributed by atoms with Crippen molar-refractivity contribution in [2.24, 2.45) is 5.92 Å². The predicted molar refractivity (Wildman–Crippen MR) is 136 cm³/mol. The fourth-order valence-electron chi connectivity index (χ4n) is 3.95. The molecule has 1 unspecified atom stereocenters. The molecular weight excluding hydrogens is 532 g/mol. The average molecular weight is 565 g/mol. The maximum absolute atomic E-state index is 12.8. The van der Waals surface area contributed by atoms with Crippen molar-refractivity contribution in [3.05, 3.63) is 53.6 Å². The highest BCUT2D eigenvalue weighted by molar-refractivity contribution is 6.07. The molecule has 0 bridgehead atoms. The molecule has 0 aliphatic carbocycles. The second-order valence-corrected chi connectivity index (χ2v) is 9.80. The van der Waals surface area contributed by atoms with Gasteiger partial charge in [0.1, 0.15) is 36.9 Å². The van der Waals surface area contributed by atoms with Gasteiger partial charge in [0.2, 0.25) is 6.29 Å². The second kappa shape index (κ2) is 12.6. The Balaban J connectivity index is 1.66. The van der Waals surface area contributed by atoms with Gasteiger partial charge in [-0.3, -0.25) is 9.59 Å². The number of phenols is 3. The number of benzene rings is 2. The summed E-state index contributed by atoms with van der Waals surface area (Å²) in [7, 11) is 0. The van der Waals surface area contributed by atoms with Gasteiger partial charge in [0.05, 0.1) is 12.2 Å². The van der Waals surface area contributed by atoms with Gasteiger partial charge < -0.3 is 55.1 Å². The van der Waals surface area contributed by atoms with Crippen molar-refractivity contribution < 1.29 is 64.7 Å². The van der Waals surface area contributed by atoms with E-state index in [4.69, 9.17) is 14.2 Å². The number of allylic oxidation sites excluding steroid dienone is 1. The SMILES string of the molecule is CC(C)(O)C(C(=O)/C=C/c1ccc(O)c(O)c1)C(=O)OCc1ccc(O[C@@H]2O[C@H](CO)[C@@H](O)[C@H](O)[C@H]2O)c(O)c1. The van der Waals surface area contributed by atoms with E-state index in [-0.39, 0.29) is 17.1 Å². The number of hydrogen-bond acceptors (Lipinski definition) is 13. The molecule has 0 saturated carbocycles. The Morgan fingerprint density at radius 1 is 0.975 bits per heavy atom. The lowest BCUT2D eigenvalue weighted by Crippen LogP contribution is -2.60. The molecule has 0 amide bonds. The highest BCUT2D eigenvalue weighted by Gasteiger charge is 2.45. The zero-order valence-electron chi connectivity index (χ0n) is 21.6. The number of aliphatic hydroxyl groups excluding tert-OH is 4. The Hall–Kier alpha value is -3.72. The van der Waals surface area contributed by atoms with Crippen molar-refractivity contribution in [1.29, 1.82) is 0 Å². The van der Waals surface area contributed by atoms with Crippen molar-refractivity contribution in [1.82, 2.24) is 0 Å². The molecule has 8 N–H and O–H groups in total. The van der Waals surface area contributed by atoms with Crippen LogP contribution in [0.2, 0.25) is 0 Å². The van der Waals surface area contributed by atoms with Gasteiger partial charge in [0.15, 0.2) is 28.8 Å².